The number of halogens is 2. The quantitative estimate of drug-likeness (QED) is 0.584. The van der Waals surface area contributed by atoms with Crippen molar-refractivity contribution in [3.8, 4) is 11.5 Å². The van der Waals surface area contributed by atoms with Gasteiger partial charge in [0.2, 0.25) is 6.10 Å². The molecule has 2 aromatic carbocycles. The van der Waals surface area contributed by atoms with E-state index in [1.165, 1.54) is 32.4 Å². The molecule has 0 aromatic heterocycles. The number of amides is 1. The van der Waals surface area contributed by atoms with Crippen LogP contribution in [0.2, 0.25) is 5.02 Å². The van der Waals surface area contributed by atoms with Crippen LogP contribution >= 0.6 is 11.6 Å². The molecule has 26 heavy (non-hydrogen) atoms. The summed E-state index contributed by atoms with van der Waals surface area (Å²) in [5.41, 5.74) is 0.910. The monoisotopic (exact) mass is 380 g/mol. The number of hydrogen-bond donors (Lipinski definition) is 1. The van der Waals surface area contributed by atoms with Gasteiger partial charge in [-0.25, -0.2) is 4.39 Å². The van der Waals surface area contributed by atoms with E-state index in [-0.39, 0.29) is 10.7 Å². The Morgan fingerprint density at radius 1 is 1.23 bits per heavy atom. The topological polar surface area (TPSA) is 69.1 Å². The molecule has 2 aromatic rings. The highest BCUT2D eigenvalue weighted by Gasteiger charge is 2.16. The molecule has 0 aliphatic rings. The molecule has 0 radical (unpaired) electrons. The normalized spacial score (nSPS) is 11.9. The second-order valence-electron chi connectivity index (χ2n) is 5.20. The zero-order valence-electron chi connectivity index (χ0n) is 14.5. The number of rotatable bonds is 7. The third-order valence-electron chi connectivity index (χ3n) is 3.41. The van der Waals surface area contributed by atoms with Gasteiger partial charge in [-0.2, -0.15) is 0 Å². The van der Waals surface area contributed by atoms with Gasteiger partial charge in [0.05, 0.1) is 31.1 Å². The SMILES string of the molecule is COc1ccc(OC)c(/C=N\O[C@H](C)C(=O)Nc2ccc(F)cc2Cl)c1. The van der Waals surface area contributed by atoms with E-state index in [9.17, 15) is 9.18 Å². The van der Waals surface area contributed by atoms with Crippen molar-refractivity contribution in [2.24, 2.45) is 5.16 Å². The van der Waals surface area contributed by atoms with Crippen LogP contribution in [0.3, 0.4) is 0 Å². The van der Waals surface area contributed by atoms with Crippen LogP contribution in [0.1, 0.15) is 12.5 Å². The highest BCUT2D eigenvalue weighted by Crippen LogP contribution is 2.23. The molecule has 6 nitrogen and oxygen atoms in total. The Labute approximate surface area is 155 Å². The van der Waals surface area contributed by atoms with Gasteiger partial charge in [-0.15, -0.1) is 0 Å². The molecule has 1 N–H and O–H groups in total. The van der Waals surface area contributed by atoms with Crippen LogP contribution in [0.25, 0.3) is 0 Å². The van der Waals surface area contributed by atoms with Crippen molar-refractivity contribution in [3.63, 3.8) is 0 Å². The molecule has 0 bridgehead atoms. The van der Waals surface area contributed by atoms with E-state index in [0.717, 1.165) is 6.07 Å². The molecule has 0 aliphatic heterocycles. The van der Waals surface area contributed by atoms with Crippen molar-refractivity contribution in [3.05, 3.63) is 52.8 Å². The lowest BCUT2D eigenvalue weighted by molar-refractivity contribution is -0.126. The Bertz CT molecular complexity index is 814. The van der Waals surface area contributed by atoms with Crippen LogP contribution in [-0.4, -0.2) is 32.4 Å². The van der Waals surface area contributed by atoms with Crippen molar-refractivity contribution in [2.75, 3.05) is 19.5 Å². The summed E-state index contributed by atoms with van der Waals surface area (Å²) in [6.45, 7) is 1.52. The largest absolute Gasteiger partial charge is 0.497 e. The second kappa shape index (κ2) is 9.05. The highest BCUT2D eigenvalue weighted by molar-refractivity contribution is 6.33. The molecule has 0 fully saturated rings. The summed E-state index contributed by atoms with van der Waals surface area (Å²) in [7, 11) is 3.08. The van der Waals surface area contributed by atoms with E-state index in [4.69, 9.17) is 25.9 Å². The third kappa shape index (κ3) is 5.10. The number of ether oxygens (including phenoxy) is 2. The van der Waals surface area contributed by atoms with Crippen LogP contribution < -0.4 is 14.8 Å². The van der Waals surface area contributed by atoms with Gasteiger partial charge in [-0.05, 0) is 43.3 Å². The van der Waals surface area contributed by atoms with Crippen molar-refractivity contribution in [1.82, 2.24) is 0 Å². The summed E-state index contributed by atoms with van der Waals surface area (Å²) in [5.74, 6) is 0.236. The van der Waals surface area contributed by atoms with Crippen LogP contribution in [0, 0.1) is 5.82 Å². The van der Waals surface area contributed by atoms with Crippen LogP contribution in [0.15, 0.2) is 41.6 Å². The van der Waals surface area contributed by atoms with Gasteiger partial charge in [0, 0.05) is 5.56 Å². The maximum Gasteiger partial charge on any atom is 0.268 e. The first kappa shape index (κ1) is 19.5. The minimum absolute atomic E-state index is 0.0927. The van der Waals surface area contributed by atoms with E-state index in [0.29, 0.717) is 17.1 Å². The van der Waals surface area contributed by atoms with E-state index >= 15 is 0 Å². The van der Waals surface area contributed by atoms with Gasteiger partial charge in [-0.1, -0.05) is 16.8 Å². The third-order valence-corrected chi connectivity index (χ3v) is 3.72. The molecular formula is C18H18ClFN2O4. The molecule has 0 saturated heterocycles. The minimum Gasteiger partial charge on any atom is -0.497 e. The zero-order chi connectivity index (χ0) is 19.1. The zero-order valence-corrected chi connectivity index (χ0v) is 15.2. The first-order valence-electron chi connectivity index (χ1n) is 7.61. The van der Waals surface area contributed by atoms with Crippen molar-refractivity contribution in [1.29, 1.82) is 0 Å². The molecule has 0 spiro atoms. The van der Waals surface area contributed by atoms with Crippen LogP contribution in [0.4, 0.5) is 10.1 Å². The average Bonchev–Trinajstić information content (AvgIpc) is 2.63. The van der Waals surface area contributed by atoms with Gasteiger partial charge >= 0.3 is 0 Å². The highest BCUT2D eigenvalue weighted by atomic mass is 35.5. The predicted octanol–water partition coefficient (Wildman–Crippen LogP) is 3.87. The van der Waals surface area contributed by atoms with Crippen LogP contribution in [0.5, 0.6) is 11.5 Å². The summed E-state index contributed by atoms with van der Waals surface area (Å²) in [5, 5.41) is 6.45. The molecule has 0 saturated carbocycles. The number of methoxy groups -OCH3 is 2. The van der Waals surface area contributed by atoms with Gasteiger partial charge in [-0.3, -0.25) is 4.79 Å². The molecule has 0 aliphatic carbocycles. The van der Waals surface area contributed by atoms with Gasteiger partial charge in [0.15, 0.2) is 0 Å². The minimum atomic E-state index is -0.899. The second-order valence-corrected chi connectivity index (χ2v) is 5.61. The number of nitrogens with zero attached hydrogens (tertiary/aromatic N) is 1. The summed E-state index contributed by atoms with van der Waals surface area (Å²) in [6.07, 6.45) is 0.514. The van der Waals surface area contributed by atoms with E-state index < -0.39 is 17.8 Å². The van der Waals surface area contributed by atoms with Gasteiger partial charge in [0.25, 0.3) is 5.91 Å². The molecule has 1 atom stereocenters. The lowest BCUT2D eigenvalue weighted by atomic mass is 10.2. The molecule has 138 valence electrons. The smallest absolute Gasteiger partial charge is 0.268 e. The molecule has 0 heterocycles. The number of carbonyl (C=O) groups is 1. The fourth-order valence-electron chi connectivity index (χ4n) is 1.99. The number of carbonyl (C=O) groups excluding carboxylic acids is 1. The summed E-state index contributed by atoms with van der Waals surface area (Å²) in [4.78, 5) is 17.3. The molecule has 0 unspecified atom stereocenters. The maximum absolute atomic E-state index is 13.0. The Kier molecular flexibility index (Phi) is 6.80. The Morgan fingerprint density at radius 3 is 2.65 bits per heavy atom. The summed E-state index contributed by atoms with van der Waals surface area (Å²) < 4.78 is 23.4. The van der Waals surface area contributed by atoms with Crippen molar-refractivity contribution in [2.45, 2.75) is 13.0 Å². The number of benzene rings is 2. The van der Waals surface area contributed by atoms with E-state index in [2.05, 4.69) is 10.5 Å². The molecule has 2 rings (SSSR count). The standard InChI is InChI=1S/C18H18ClFN2O4/c1-11(18(23)22-16-6-4-13(20)9-15(16)19)26-21-10-12-8-14(24-2)5-7-17(12)25-3/h4-11H,1-3H3,(H,22,23)/b21-10-/t11-/m1/s1. The number of oxime groups is 1. The van der Waals surface area contributed by atoms with E-state index in [1.54, 1.807) is 25.3 Å². The Balaban J connectivity index is 2.00. The Hall–Kier alpha value is -2.80. The lowest BCUT2D eigenvalue weighted by Gasteiger charge is -2.12. The first-order chi connectivity index (χ1) is 12.4. The summed E-state index contributed by atoms with van der Waals surface area (Å²) in [6, 6.07) is 8.87. The Morgan fingerprint density at radius 2 is 2.00 bits per heavy atom. The van der Waals surface area contributed by atoms with Gasteiger partial charge in [0.1, 0.15) is 17.3 Å². The van der Waals surface area contributed by atoms with E-state index in [1.807, 2.05) is 0 Å². The maximum atomic E-state index is 13.0. The molecular weight excluding hydrogens is 363 g/mol. The fraction of sp³-hybridized carbons (Fsp3) is 0.222. The van der Waals surface area contributed by atoms with Crippen molar-refractivity contribution < 1.29 is 23.5 Å². The summed E-state index contributed by atoms with van der Waals surface area (Å²) >= 11 is 5.87. The van der Waals surface area contributed by atoms with Gasteiger partial charge < -0.3 is 19.6 Å². The van der Waals surface area contributed by atoms with Crippen molar-refractivity contribution >= 4 is 29.4 Å². The predicted molar refractivity (Wildman–Crippen MR) is 97.7 cm³/mol. The lowest BCUT2D eigenvalue weighted by Crippen LogP contribution is -2.26. The number of anilines is 1. The fourth-order valence-corrected chi connectivity index (χ4v) is 2.21. The number of hydrogen-bond acceptors (Lipinski definition) is 5. The average molecular weight is 381 g/mol. The molecule has 1 amide bonds. The van der Waals surface area contributed by atoms with Crippen LogP contribution in [-0.2, 0) is 9.63 Å². The number of nitrogens with one attached hydrogen (secondary N) is 1. The molecule has 8 heteroatoms. The first-order valence-corrected chi connectivity index (χ1v) is 7.99.